The van der Waals surface area contributed by atoms with Gasteiger partial charge in [-0.05, 0) is 24.6 Å². The average molecular weight is 313 g/mol. The lowest BCUT2D eigenvalue weighted by Gasteiger charge is -2.19. The number of benzene rings is 1. The Labute approximate surface area is 134 Å². The molecule has 0 saturated heterocycles. The van der Waals surface area contributed by atoms with Crippen molar-refractivity contribution in [1.29, 1.82) is 0 Å². The van der Waals surface area contributed by atoms with Gasteiger partial charge in [-0.25, -0.2) is 4.98 Å². The summed E-state index contributed by atoms with van der Waals surface area (Å²) in [4.78, 5) is 6.47. The first kappa shape index (κ1) is 15.1. The summed E-state index contributed by atoms with van der Waals surface area (Å²) >= 11 is 0. The van der Waals surface area contributed by atoms with Crippen molar-refractivity contribution < 1.29 is 9.47 Å². The third-order valence-corrected chi connectivity index (χ3v) is 3.71. The van der Waals surface area contributed by atoms with Gasteiger partial charge in [-0.15, -0.1) is 10.2 Å². The normalized spacial score (nSPS) is 10.8. The molecule has 2 aromatic heterocycles. The molecule has 0 bridgehead atoms. The molecule has 23 heavy (non-hydrogen) atoms. The molecule has 0 radical (unpaired) electrons. The van der Waals surface area contributed by atoms with Crippen LogP contribution in [0.15, 0.2) is 30.6 Å². The number of ether oxygens (including phenoxy) is 2. The minimum atomic E-state index is 0.666. The number of hydrogen-bond donors (Lipinski definition) is 0. The summed E-state index contributed by atoms with van der Waals surface area (Å²) in [7, 11) is 5.23. The maximum absolute atomic E-state index is 5.35. The molecule has 3 aromatic rings. The number of nitrogens with zero attached hydrogens (tertiary/aromatic N) is 5. The van der Waals surface area contributed by atoms with E-state index in [1.54, 1.807) is 20.4 Å². The molecular formula is C16H19N5O2. The Morgan fingerprint density at radius 2 is 1.91 bits per heavy atom. The van der Waals surface area contributed by atoms with Gasteiger partial charge in [0.25, 0.3) is 0 Å². The molecule has 0 aliphatic carbocycles. The van der Waals surface area contributed by atoms with Gasteiger partial charge in [-0.3, -0.25) is 4.40 Å². The fourth-order valence-corrected chi connectivity index (χ4v) is 2.53. The highest BCUT2D eigenvalue weighted by molar-refractivity contribution is 5.63. The number of rotatable bonds is 5. The second-order valence-corrected chi connectivity index (χ2v) is 5.24. The van der Waals surface area contributed by atoms with Gasteiger partial charge in [-0.1, -0.05) is 6.07 Å². The predicted molar refractivity (Wildman–Crippen MR) is 87.2 cm³/mol. The molecule has 0 fully saturated rings. The lowest BCUT2D eigenvalue weighted by atomic mass is 10.2. The van der Waals surface area contributed by atoms with Crippen LogP contribution in [0.2, 0.25) is 0 Å². The number of fused-ring (bicyclic) bond motifs is 1. The number of hydrogen-bond acceptors (Lipinski definition) is 6. The van der Waals surface area contributed by atoms with Crippen molar-refractivity contribution in [2.24, 2.45) is 0 Å². The van der Waals surface area contributed by atoms with Crippen LogP contribution < -0.4 is 14.4 Å². The number of anilines is 1. The van der Waals surface area contributed by atoms with Gasteiger partial charge < -0.3 is 14.4 Å². The van der Waals surface area contributed by atoms with Crippen molar-refractivity contribution in [3.8, 4) is 11.5 Å². The van der Waals surface area contributed by atoms with Crippen molar-refractivity contribution in [3.63, 3.8) is 0 Å². The molecule has 0 spiro atoms. The highest BCUT2D eigenvalue weighted by Crippen LogP contribution is 2.28. The zero-order chi connectivity index (χ0) is 16.4. The fraction of sp³-hybridized carbons (Fsp3) is 0.312. The molecule has 0 aliphatic rings. The molecule has 0 unspecified atom stereocenters. The first-order valence-electron chi connectivity index (χ1n) is 7.22. The summed E-state index contributed by atoms with van der Waals surface area (Å²) in [6.45, 7) is 2.58. The largest absolute Gasteiger partial charge is 0.493 e. The van der Waals surface area contributed by atoms with E-state index in [0.717, 1.165) is 22.9 Å². The van der Waals surface area contributed by atoms with Crippen LogP contribution >= 0.6 is 0 Å². The Balaban J connectivity index is 1.90. The SMILES string of the molecule is COc1ccc(CN(C)c2nccn3c(C)nnc23)cc1OC. The van der Waals surface area contributed by atoms with Gasteiger partial charge in [0.15, 0.2) is 17.3 Å². The van der Waals surface area contributed by atoms with E-state index in [9.17, 15) is 0 Å². The van der Waals surface area contributed by atoms with E-state index in [4.69, 9.17) is 9.47 Å². The van der Waals surface area contributed by atoms with Crippen LogP contribution in [0.5, 0.6) is 11.5 Å². The van der Waals surface area contributed by atoms with E-state index in [0.29, 0.717) is 18.0 Å². The zero-order valence-corrected chi connectivity index (χ0v) is 13.6. The van der Waals surface area contributed by atoms with Crippen LogP contribution in [-0.2, 0) is 6.54 Å². The number of methoxy groups -OCH3 is 2. The number of aryl methyl sites for hydroxylation is 1. The van der Waals surface area contributed by atoms with Crippen LogP contribution in [-0.4, -0.2) is 40.8 Å². The first-order valence-corrected chi connectivity index (χ1v) is 7.22. The third-order valence-electron chi connectivity index (χ3n) is 3.71. The smallest absolute Gasteiger partial charge is 0.203 e. The van der Waals surface area contributed by atoms with Gasteiger partial charge in [0.2, 0.25) is 5.65 Å². The van der Waals surface area contributed by atoms with Gasteiger partial charge in [0.05, 0.1) is 14.2 Å². The molecule has 0 amide bonds. The zero-order valence-electron chi connectivity index (χ0n) is 13.6. The van der Waals surface area contributed by atoms with E-state index in [-0.39, 0.29) is 0 Å². The molecular weight excluding hydrogens is 294 g/mol. The van der Waals surface area contributed by atoms with Crippen molar-refractivity contribution >= 4 is 11.5 Å². The predicted octanol–water partition coefficient (Wildman–Crippen LogP) is 2.09. The summed E-state index contributed by atoms with van der Waals surface area (Å²) in [5, 5.41) is 8.31. The Kier molecular flexibility index (Phi) is 4.01. The summed E-state index contributed by atoms with van der Waals surface area (Å²) in [6.07, 6.45) is 3.61. The lowest BCUT2D eigenvalue weighted by Crippen LogP contribution is -2.18. The van der Waals surface area contributed by atoms with Crippen LogP contribution in [0, 0.1) is 6.92 Å². The molecule has 3 rings (SSSR count). The summed E-state index contributed by atoms with van der Waals surface area (Å²) in [5.41, 5.74) is 1.83. The quantitative estimate of drug-likeness (QED) is 0.718. The van der Waals surface area contributed by atoms with E-state index in [2.05, 4.69) is 15.2 Å². The highest BCUT2D eigenvalue weighted by Gasteiger charge is 2.13. The van der Waals surface area contributed by atoms with E-state index >= 15 is 0 Å². The minimum absolute atomic E-state index is 0.666. The summed E-state index contributed by atoms with van der Waals surface area (Å²) in [6, 6.07) is 5.87. The number of aromatic nitrogens is 4. The topological polar surface area (TPSA) is 64.8 Å². The standard InChI is InChI=1S/C16H19N5O2/c1-11-18-19-16-15(17-7-8-21(11)16)20(2)10-12-5-6-13(22-3)14(9-12)23-4/h5-9H,10H2,1-4H3. The monoisotopic (exact) mass is 313 g/mol. The summed E-state index contributed by atoms with van der Waals surface area (Å²) in [5.74, 6) is 3.04. The molecule has 120 valence electrons. The van der Waals surface area contributed by atoms with Crippen molar-refractivity contribution in [3.05, 3.63) is 42.0 Å². The van der Waals surface area contributed by atoms with Gasteiger partial charge in [-0.2, -0.15) is 0 Å². The highest BCUT2D eigenvalue weighted by atomic mass is 16.5. The van der Waals surface area contributed by atoms with Crippen LogP contribution in [0.25, 0.3) is 5.65 Å². The van der Waals surface area contributed by atoms with Gasteiger partial charge >= 0.3 is 0 Å². The molecule has 0 atom stereocenters. The van der Waals surface area contributed by atoms with E-state index in [1.807, 2.05) is 47.7 Å². The lowest BCUT2D eigenvalue weighted by molar-refractivity contribution is 0.354. The van der Waals surface area contributed by atoms with Crippen molar-refractivity contribution in [2.75, 3.05) is 26.2 Å². The van der Waals surface area contributed by atoms with Gasteiger partial charge in [0.1, 0.15) is 5.82 Å². The van der Waals surface area contributed by atoms with Crippen LogP contribution in [0.3, 0.4) is 0 Å². The second-order valence-electron chi connectivity index (χ2n) is 5.24. The van der Waals surface area contributed by atoms with Crippen LogP contribution in [0.1, 0.15) is 11.4 Å². The Bertz CT molecular complexity index is 830. The van der Waals surface area contributed by atoms with Crippen LogP contribution in [0.4, 0.5) is 5.82 Å². The minimum Gasteiger partial charge on any atom is -0.493 e. The Morgan fingerprint density at radius 3 is 2.65 bits per heavy atom. The summed E-state index contributed by atoms with van der Waals surface area (Å²) < 4.78 is 12.5. The van der Waals surface area contributed by atoms with Gasteiger partial charge in [0, 0.05) is 26.0 Å². The molecule has 2 heterocycles. The van der Waals surface area contributed by atoms with E-state index < -0.39 is 0 Å². The fourth-order valence-electron chi connectivity index (χ4n) is 2.53. The van der Waals surface area contributed by atoms with Crippen molar-refractivity contribution in [2.45, 2.75) is 13.5 Å². The molecule has 7 nitrogen and oxygen atoms in total. The average Bonchev–Trinajstić information content (AvgIpc) is 2.96. The first-order chi connectivity index (χ1) is 11.1. The maximum Gasteiger partial charge on any atom is 0.203 e. The maximum atomic E-state index is 5.35. The second kappa shape index (κ2) is 6.12. The molecule has 0 N–H and O–H groups in total. The third kappa shape index (κ3) is 2.77. The van der Waals surface area contributed by atoms with E-state index in [1.165, 1.54) is 0 Å². The molecule has 0 saturated carbocycles. The Hall–Kier alpha value is -2.83. The van der Waals surface area contributed by atoms with Crippen molar-refractivity contribution in [1.82, 2.24) is 19.6 Å². The molecule has 7 heteroatoms. The Morgan fingerprint density at radius 1 is 1.13 bits per heavy atom. The molecule has 0 aliphatic heterocycles. The molecule has 1 aromatic carbocycles.